The SMILES string of the molecule is Cc1cccc(NC(C)c2ccc(NC(=O)NC3CC3)cc2)n1. The van der Waals surface area contributed by atoms with E-state index in [2.05, 4.69) is 27.9 Å². The second kappa shape index (κ2) is 6.69. The van der Waals surface area contributed by atoms with Crippen LogP contribution in [0.3, 0.4) is 0 Å². The highest BCUT2D eigenvalue weighted by molar-refractivity contribution is 5.89. The third kappa shape index (κ3) is 4.45. The first-order valence-corrected chi connectivity index (χ1v) is 7.98. The number of benzene rings is 1. The van der Waals surface area contributed by atoms with Gasteiger partial charge in [0.1, 0.15) is 5.82 Å². The Morgan fingerprint density at radius 3 is 2.57 bits per heavy atom. The minimum atomic E-state index is -0.129. The lowest BCUT2D eigenvalue weighted by atomic mass is 10.1. The summed E-state index contributed by atoms with van der Waals surface area (Å²) in [4.78, 5) is 16.2. The van der Waals surface area contributed by atoms with Crippen molar-refractivity contribution in [2.45, 2.75) is 38.8 Å². The van der Waals surface area contributed by atoms with Crippen LogP contribution in [0.1, 0.15) is 37.1 Å². The third-order valence-electron chi connectivity index (χ3n) is 3.83. The van der Waals surface area contributed by atoms with E-state index in [1.807, 2.05) is 49.4 Å². The van der Waals surface area contributed by atoms with Crippen LogP contribution in [0.4, 0.5) is 16.3 Å². The van der Waals surface area contributed by atoms with Crippen molar-refractivity contribution in [3.05, 3.63) is 53.7 Å². The molecule has 0 spiro atoms. The predicted molar refractivity (Wildman–Crippen MR) is 92.6 cm³/mol. The van der Waals surface area contributed by atoms with E-state index in [4.69, 9.17) is 0 Å². The molecule has 2 aromatic rings. The molecular formula is C18H22N4O. The number of rotatable bonds is 5. The lowest BCUT2D eigenvalue weighted by Crippen LogP contribution is -2.30. The lowest BCUT2D eigenvalue weighted by Gasteiger charge is -2.16. The molecule has 1 aliphatic carbocycles. The van der Waals surface area contributed by atoms with Crippen LogP contribution in [-0.4, -0.2) is 17.1 Å². The summed E-state index contributed by atoms with van der Waals surface area (Å²) in [6, 6.07) is 14.2. The molecule has 1 atom stereocenters. The van der Waals surface area contributed by atoms with Gasteiger partial charge in [-0.15, -0.1) is 0 Å². The minimum Gasteiger partial charge on any atom is -0.364 e. The molecule has 3 N–H and O–H groups in total. The van der Waals surface area contributed by atoms with Crippen LogP contribution in [0.5, 0.6) is 0 Å². The van der Waals surface area contributed by atoms with Gasteiger partial charge in [0.15, 0.2) is 0 Å². The zero-order valence-corrected chi connectivity index (χ0v) is 13.5. The molecular weight excluding hydrogens is 288 g/mol. The van der Waals surface area contributed by atoms with Gasteiger partial charge in [-0.2, -0.15) is 0 Å². The van der Waals surface area contributed by atoms with Gasteiger partial charge in [-0.25, -0.2) is 9.78 Å². The van der Waals surface area contributed by atoms with E-state index in [1.165, 1.54) is 0 Å². The average Bonchev–Trinajstić information content (AvgIpc) is 3.31. The van der Waals surface area contributed by atoms with Gasteiger partial charge in [0, 0.05) is 23.5 Å². The normalized spacial score (nSPS) is 14.9. The molecule has 1 aromatic heterocycles. The molecule has 5 heteroatoms. The number of anilines is 2. The number of amides is 2. The molecule has 1 unspecified atom stereocenters. The number of carbonyl (C=O) groups excluding carboxylic acids is 1. The van der Waals surface area contributed by atoms with Crippen molar-refractivity contribution >= 4 is 17.5 Å². The van der Waals surface area contributed by atoms with Gasteiger partial charge in [0.05, 0.1) is 0 Å². The summed E-state index contributed by atoms with van der Waals surface area (Å²) in [5, 5.41) is 9.14. The van der Waals surface area contributed by atoms with Crippen molar-refractivity contribution in [3.8, 4) is 0 Å². The number of hydrogen-bond acceptors (Lipinski definition) is 3. The molecule has 3 rings (SSSR count). The quantitative estimate of drug-likeness (QED) is 0.786. The topological polar surface area (TPSA) is 66.0 Å². The van der Waals surface area contributed by atoms with Gasteiger partial charge in [-0.05, 0) is 56.5 Å². The van der Waals surface area contributed by atoms with Crippen LogP contribution in [0.2, 0.25) is 0 Å². The van der Waals surface area contributed by atoms with Gasteiger partial charge < -0.3 is 16.0 Å². The molecule has 0 radical (unpaired) electrons. The molecule has 0 bridgehead atoms. The first-order chi connectivity index (χ1) is 11.1. The zero-order chi connectivity index (χ0) is 16.2. The first kappa shape index (κ1) is 15.3. The van der Waals surface area contributed by atoms with Gasteiger partial charge in [-0.3, -0.25) is 0 Å². The second-order valence-electron chi connectivity index (χ2n) is 6.02. The monoisotopic (exact) mass is 310 g/mol. The maximum Gasteiger partial charge on any atom is 0.319 e. The molecule has 1 fully saturated rings. The van der Waals surface area contributed by atoms with Crippen LogP contribution in [0, 0.1) is 6.92 Å². The van der Waals surface area contributed by atoms with Gasteiger partial charge in [0.2, 0.25) is 0 Å². The zero-order valence-electron chi connectivity index (χ0n) is 13.5. The Kier molecular flexibility index (Phi) is 4.46. The maximum atomic E-state index is 11.7. The molecule has 1 aliphatic rings. The van der Waals surface area contributed by atoms with Crippen molar-refractivity contribution in [1.29, 1.82) is 0 Å². The van der Waals surface area contributed by atoms with Crippen LogP contribution >= 0.6 is 0 Å². The fourth-order valence-electron chi connectivity index (χ4n) is 2.36. The van der Waals surface area contributed by atoms with Crippen molar-refractivity contribution in [2.75, 3.05) is 10.6 Å². The Morgan fingerprint density at radius 2 is 1.91 bits per heavy atom. The van der Waals surface area contributed by atoms with Crippen LogP contribution < -0.4 is 16.0 Å². The Bertz CT molecular complexity index is 680. The number of hydrogen-bond donors (Lipinski definition) is 3. The van der Waals surface area contributed by atoms with Gasteiger partial charge in [0.25, 0.3) is 0 Å². The molecule has 1 aromatic carbocycles. The fraction of sp³-hybridized carbons (Fsp3) is 0.333. The molecule has 1 heterocycles. The van der Waals surface area contributed by atoms with Gasteiger partial charge >= 0.3 is 6.03 Å². The van der Waals surface area contributed by atoms with E-state index in [0.717, 1.165) is 35.6 Å². The van der Waals surface area contributed by atoms with E-state index < -0.39 is 0 Å². The molecule has 0 aliphatic heterocycles. The molecule has 5 nitrogen and oxygen atoms in total. The largest absolute Gasteiger partial charge is 0.364 e. The van der Waals surface area contributed by atoms with Crippen LogP contribution in [0.25, 0.3) is 0 Å². The summed E-state index contributed by atoms with van der Waals surface area (Å²) in [5.41, 5.74) is 2.93. The molecule has 2 amide bonds. The summed E-state index contributed by atoms with van der Waals surface area (Å²) in [6.45, 7) is 4.06. The van der Waals surface area contributed by atoms with E-state index in [9.17, 15) is 4.79 Å². The summed E-state index contributed by atoms with van der Waals surface area (Å²) < 4.78 is 0. The van der Waals surface area contributed by atoms with Crippen LogP contribution in [0.15, 0.2) is 42.5 Å². The molecule has 23 heavy (non-hydrogen) atoms. The summed E-state index contributed by atoms with van der Waals surface area (Å²) >= 11 is 0. The highest BCUT2D eigenvalue weighted by atomic mass is 16.2. The van der Waals surface area contributed by atoms with E-state index >= 15 is 0 Å². The average molecular weight is 310 g/mol. The number of nitrogens with one attached hydrogen (secondary N) is 3. The number of aryl methyl sites for hydroxylation is 1. The Balaban J connectivity index is 1.58. The summed E-state index contributed by atoms with van der Waals surface area (Å²) in [7, 11) is 0. The van der Waals surface area contributed by atoms with Gasteiger partial charge in [-0.1, -0.05) is 18.2 Å². The Hall–Kier alpha value is -2.56. The molecule has 120 valence electrons. The van der Waals surface area contributed by atoms with E-state index in [-0.39, 0.29) is 12.1 Å². The Morgan fingerprint density at radius 1 is 1.17 bits per heavy atom. The molecule has 1 saturated carbocycles. The smallest absolute Gasteiger partial charge is 0.319 e. The standard InChI is InChI=1S/C18H22N4O/c1-12-4-3-5-17(19-12)20-13(2)14-6-8-15(9-7-14)21-18(23)22-16-10-11-16/h3-9,13,16H,10-11H2,1-2H3,(H,19,20)(H2,21,22,23). The first-order valence-electron chi connectivity index (χ1n) is 7.98. The summed E-state index contributed by atoms with van der Waals surface area (Å²) in [5.74, 6) is 0.864. The lowest BCUT2D eigenvalue weighted by molar-refractivity contribution is 0.251. The number of carbonyl (C=O) groups is 1. The second-order valence-corrected chi connectivity index (χ2v) is 6.02. The minimum absolute atomic E-state index is 0.129. The summed E-state index contributed by atoms with van der Waals surface area (Å²) in [6.07, 6.45) is 2.17. The highest BCUT2D eigenvalue weighted by Gasteiger charge is 2.23. The van der Waals surface area contributed by atoms with Crippen LogP contribution in [-0.2, 0) is 0 Å². The highest BCUT2D eigenvalue weighted by Crippen LogP contribution is 2.21. The predicted octanol–water partition coefficient (Wildman–Crippen LogP) is 3.85. The number of pyridine rings is 1. The maximum absolute atomic E-state index is 11.7. The van der Waals surface area contributed by atoms with E-state index in [0.29, 0.717) is 6.04 Å². The number of urea groups is 1. The van der Waals surface area contributed by atoms with Crippen molar-refractivity contribution in [1.82, 2.24) is 10.3 Å². The fourth-order valence-corrected chi connectivity index (χ4v) is 2.36. The molecule has 0 saturated heterocycles. The van der Waals surface area contributed by atoms with Crippen molar-refractivity contribution in [2.24, 2.45) is 0 Å². The van der Waals surface area contributed by atoms with E-state index in [1.54, 1.807) is 0 Å². The Labute approximate surface area is 136 Å². The number of nitrogens with zero attached hydrogens (tertiary/aromatic N) is 1. The number of aromatic nitrogens is 1. The van der Waals surface area contributed by atoms with Crippen molar-refractivity contribution in [3.63, 3.8) is 0 Å². The van der Waals surface area contributed by atoms with Crippen molar-refractivity contribution < 1.29 is 4.79 Å². The third-order valence-corrected chi connectivity index (χ3v) is 3.83.